The van der Waals surface area contributed by atoms with Crippen LogP contribution in [0.4, 0.5) is 0 Å². The molecule has 0 aliphatic heterocycles. The van der Waals surface area contributed by atoms with Crippen molar-refractivity contribution in [2.45, 2.75) is 53.9 Å². The van der Waals surface area contributed by atoms with Crippen molar-refractivity contribution in [3.8, 4) is 17.1 Å². The van der Waals surface area contributed by atoms with Crippen LogP contribution in [0.15, 0.2) is 36.5 Å². The van der Waals surface area contributed by atoms with Crippen LogP contribution in [0.3, 0.4) is 0 Å². The van der Waals surface area contributed by atoms with Crippen molar-refractivity contribution in [1.82, 2.24) is 25.5 Å². The van der Waals surface area contributed by atoms with Gasteiger partial charge in [-0.25, -0.2) is 0 Å². The molecule has 0 aliphatic rings. The fraction of sp³-hybridized carbons (Fsp3) is 0.458. The highest BCUT2D eigenvalue weighted by Crippen LogP contribution is 2.29. The highest BCUT2D eigenvalue weighted by molar-refractivity contribution is 5.94. The summed E-state index contributed by atoms with van der Waals surface area (Å²) >= 11 is 0. The molecule has 4 N–H and O–H groups in total. The quantitative estimate of drug-likeness (QED) is 0.259. The topological polar surface area (TPSA) is 81.5 Å². The first-order valence-electron chi connectivity index (χ1n) is 11.2. The molecule has 1 aromatic carbocycles. The number of H-pyrrole nitrogens is 3. The first kappa shape index (κ1) is 23.5. The number of hydrogen-bond donors (Lipinski definition) is 4. The fourth-order valence-electron chi connectivity index (χ4n) is 3.19. The lowest BCUT2D eigenvalue weighted by Crippen LogP contribution is -2.13. The van der Waals surface area contributed by atoms with Gasteiger partial charge in [0.15, 0.2) is 0 Å². The first-order valence-corrected chi connectivity index (χ1v) is 11.2. The van der Waals surface area contributed by atoms with Gasteiger partial charge in [-0.15, -0.1) is 0 Å². The van der Waals surface area contributed by atoms with Gasteiger partial charge in [0.2, 0.25) is 0 Å². The third-order valence-electron chi connectivity index (χ3n) is 4.64. The van der Waals surface area contributed by atoms with E-state index in [4.69, 9.17) is 4.74 Å². The minimum atomic E-state index is 0.668. The normalized spacial score (nSPS) is 10.4. The van der Waals surface area contributed by atoms with Gasteiger partial charge >= 0.3 is 0 Å². The minimum absolute atomic E-state index is 0.668. The van der Waals surface area contributed by atoms with Crippen LogP contribution in [0.2, 0.25) is 0 Å². The molecule has 164 valence electrons. The third-order valence-corrected chi connectivity index (χ3v) is 4.64. The van der Waals surface area contributed by atoms with E-state index in [-0.39, 0.29) is 0 Å². The molecule has 0 aliphatic carbocycles. The molecule has 0 saturated carbocycles. The van der Waals surface area contributed by atoms with Crippen molar-refractivity contribution in [3.05, 3.63) is 36.5 Å². The summed E-state index contributed by atoms with van der Waals surface area (Å²) in [5.41, 5.74) is 4.96. The number of nitrogens with zero attached hydrogens (tertiary/aromatic N) is 1. The maximum absolute atomic E-state index is 5.52. The zero-order chi connectivity index (χ0) is 21.8. The van der Waals surface area contributed by atoms with Crippen molar-refractivity contribution in [2.75, 3.05) is 19.7 Å². The predicted octanol–water partition coefficient (Wildman–Crippen LogP) is 6.25. The number of rotatable bonds is 8. The Kier molecular flexibility index (Phi) is 10.0. The number of nitrogens with one attached hydrogen (secondary N) is 4. The summed E-state index contributed by atoms with van der Waals surface area (Å²) in [6, 6.07) is 10.1. The van der Waals surface area contributed by atoms with Crippen LogP contribution < -0.4 is 10.1 Å². The van der Waals surface area contributed by atoms with E-state index >= 15 is 0 Å². The zero-order valence-electron chi connectivity index (χ0n) is 19.1. The van der Waals surface area contributed by atoms with Gasteiger partial charge in [0.25, 0.3) is 0 Å². The summed E-state index contributed by atoms with van der Waals surface area (Å²) in [5.74, 6) is 0.875. The second-order valence-electron chi connectivity index (χ2n) is 6.76. The lowest BCUT2D eigenvalue weighted by Gasteiger charge is -2.01. The molecular formula is C24H37N5O. The van der Waals surface area contributed by atoms with E-state index in [0.717, 1.165) is 45.6 Å². The Morgan fingerprint density at radius 1 is 1.00 bits per heavy atom. The molecule has 0 unspecified atom stereocenters. The highest BCUT2D eigenvalue weighted by atomic mass is 16.5. The third kappa shape index (κ3) is 6.13. The van der Waals surface area contributed by atoms with E-state index in [9.17, 15) is 0 Å². The molecule has 4 rings (SSSR count). The van der Waals surface area contributed by atoms with Crippen LogP contribution in [0.1, 0.15) is 53.9 Å². The van der Waals surface area contributed by atoms with Crippen molar-refractivity contribution >= 4 is 21.9 Å². The minimum Gasteiger partial charge on any atom is -0.494 e. The summed E-state index contributed by atoms with van der Waals surface area (Å²) < 4.78 is 5.52. The van der Waals surface area contributed by atoms with Gasteiger partial charge in [-0.05, 0) is 50.7 Å². The van der Waals surface area contributed by atoms with E-state index < -0.39 is 0 Å². The van der Waals surface area contributed by atoms with Gasteiger partial charge < -0.3 is 20.0 Å². The summed E-state index contributed by atoms with van der Waals surface area (Å²) in [6.07, 6.45) is 5.94. The van der Waals surface area contributed by atoms with Crippen LogP contribution >= 0.6 is 0 Å². The predicted molar refractivity (Wildman–Crippen MR) is 128 cm³/mol. The molecule has 6 nitrogen and oxygen atoms in total. The fourth-order valence-corrected chi connectivity index (χ4v) is 3.19. The van der Waals surface area contributed by atoms with Gasteiger partial charge in [-0.1, -0.05) is 40.5 Å². The molecule has 0 saturated heterocycles. The van der Waals surface area contributed by atoms with Crippen molar-refractivity contribution < 1.29 is 4.74 Å². The summed E-state index contributed by atoms with van der Waals surface area (Å²) in [5, 5.41) is 11.8. The Morgan fingerprint density at radius 2 is 1.83 bits per heavy atom. The van der Waals surface area contributed by atoms with Gasteiger partial charge in [-0.2, -0.15) is 5.10 Å². The number of unbranched alkanes of at least 4 members (excludes halogenated alkanes) is 2. The van der Waals surface area contributed by atoms with Crippen LogP contribution in [-0.4, -0.2) is 39.9 Å². The monoisotopic (exact) mass is 411 g/mol. The van der Waals surface area contributed by atoms with Crippen molar-refractivity contribution in [3.63, 3.8) is 0 Å². The lowest BCUT2D eigenvalue weighted by molar-refractivity contribution is 0.340. The molecule has 0 bridgehead atoms. The van der Waals surface area contributed by atoms with Gasteiger partial charge in [0, 0.05) is 23.2 Å². The summed E-state index contributed by atoms with van der Waals surface area (Å²) in [4.78, 5) is 6.60. The molecule has 6 heteroatoms. The molecule has 0 radical (unpaired) electrons. The largest absolute Gasteiger partial charge is 0.494 e. The molecule has 3 aromatic heterocycles. The van der Waals surface area contributed by atoms with Crippen LogP contribution in [0.25, 0.3) is 33.3 Å². The van der Waals surface area contributed by atoms with Gasteiger partial charge in [0.1, 0.15) is 11.4 Å². The molecule has 3 heterocycles. The Hall–Kier alpha value is -2.73. The van der Waals surface area contributed by atoms with Crippen molar-refractivity contribution in [1.29, 1.82) is 0 Å². The number of benzene rings is 1. The van der Waals surface area contributed by atoms with E-state index in [1.165, 1.54) is 25.8 Å². The summed E-state index contributed by atoms with van der Waals surface area (Å²) in [6.45, 7) is 13.3. The number of hydrogen-bond acceptors (Lipinski definition) is 3. The first-order chi connectivity index (χ1) is 14.8. The maximum atomic E-state index is 5.52. The zero-order valence-corrected chi connectivity index (χ0v) is 19.1. The van der Waals surface area contributed by atoms with E-state index in [2.05, 4.69) is 51.5 Å². The van der Waals surface area contributed by atoms with E-state index in [1.54, 1.807) is 0 Å². The lowest BCUT2D eigenvalue weighted by atomic mass is 10.2. The molecule has 0 atom stereocenters. The van der Waals surface area contributed by atoms with E-state index in [1.807, 2.05) is 45.2 Å². The molecule has 30 heavy (non-hydrogen) atoms. The van der Waals surface area contributed by atoms with E-state index in [0.29, 0.717) is 6.61 Å². The number of aromatic nitrogens is 4. The molecule has 0 spiro atoms. The highest BCUT2D eigenvalue weighted by Gasteiger charge is 2.11. The van der Waals surface area contributed by atoms with Crippen LogP contribution in [0, 0.1) is 0 Å². The molecule has 0 amide bonds. The summed E-state index contributed by atoms with van der Waals surface area (Å²) in [7, 11) is 0. The standard InChI is InChI=1S/C15H14N4O.C7H17N.C2H6/c1-2-20-10-4-3-9-7-13(17-12(9)8-10)15-14-11(18-19-15)5-6-16-14;1-3-5-6-7-8-4-2;1-2/h3-8,16-17H,2H2,1H3,(H,18,19);8H,3-7H2,1-2H3;1-2H3. The number of aromatic amines is 3. The van der Waals surface area contributed by atoms with Gasteiger partial charge in [-0.3, -0.25) is 5.10 Å². The SMILES string of the molecule is CC.CCCCCNCC.CCOc1ccc2cc(-c3n[nH]c4cc[nH]c34)[nH]c2c1. The molecular weight excluding hydrogens is 374 g/mol. The van der Waals surface area contributed by atoms with Gasteiger partial charge in [0.05, 0.1) is 23.3 Å². The number of fused-ring (bicyclic) bond motifs is 2. The average Bonchev–Trinajstić information content (AvgIpc) is 3.48. The smallest absolute Gasteiger partial charge is 0.132 e. The second kappa shape index (κ2) is 12.8. The number of ether oxygens (including phenoxy) is 1. The Bertz CT molecular complexity index is 976. The van der Waals surface area contributed by atoms with Crippen LogP contribution in [-0.2, 0) is 0 Å². The molecule has 4 aromatic rings. The Morgan fingerprint density at radius 3 is 2.57 bits per heavy atom. The second-order valence-corrected chi connectivity index (χ2v) is 6.76. The van der Waals surface area contributed by atoms with Crippen LogP contribution in [0.5, 0.6) is 5.75 Å². The maximum Gasteiger partial charge on any atom is 0.132 e. The Balaban J connectivity index is 0.000000274. The van der Waals surface area contributed by atoms with Crippen molar-refractivity contribution in [2.24, 2.45) is 0 Å². The molecule has 0 fully saturated rings. The average molecular weight is 412 g/mol. The Labute approximate surface area is 179 Å².